The summed E-state index contributed by atoms with van der Waals surface area (Å²) in [6.45, 7) is -0.518. The van der Waals surface area contributed by atoms with E-state index in [1.165, 1.54) is 12.1 Å². The molecule has 1 amide bonds. The fraction of sp³-hybridized carbons (Fsp3) is 0.129. The normalized spacial score (nSPS) is 14.9. The van der Waals surface area contributed by atoms with Crippen LogP contribution in [-0.4, -0.2) is 39.0 Å². The average molecular weight is 517 g/mol. The van der Waals surface area contributed by atoms with Crippen LogP contribution in [0.4, 0.5) is 0 Å². The number of hydrogen-bond acceptors (Lipinski definition) is 6. The first-order chi connectivity index (χ1) is 19.0. The molecule has 8 heteroatoms. The molecule has 39 heavy (non-hydrogen) atoms. The van der Waals surface area contributed by atoms with Crippen LogP contribution in [0.2, 0.25) is 0 Å². The molecule has 0 saturated carbocycles. The van der Waals surface area contributed by atoms with E-state index >= 15 is 0 Å². The van der Waals surface area contributed by atoms with Crippen LogP contribution in [-0.2, 0) is 16.6 Å². The maximum Gasteiger partial charge on any atom is 0.359 e. The number of hydrazone groups is 1. The van der Waals surface area contributed by atoms with Crippen molar-refractivity contribution in [1.29, 1.82) is 0 Å². The Labute approximate surface area is 223 Å². The van der Waals surface area contributed by atoms with Gasteiger partial charge >= 0.3 is 5.97 Å². The van der Waals surface area contributed by atoms with E-state index in [1.807, 2.05) is 60.7 Å². The first-order valence-corrected chi connectivity index (χ1v) is 12.6. The number of carbonyl (C=O) groups is 2. The first-order valence-electron chi connectivity index (χ1n) is 12.6. The molecule has 1 aromatic heterocycles. The van der Waals surface area contributed by atoms with Crippen molar-refractivity contribution in [2.75, 3.05) is 6.61 Å². The molecule has 1 unspecified atom stereocenters. The van der Waals surface area contributed by atoms with Gasteiger partial charge in [0.2, 0.25) is 0 Å². The molecule has 0 bridgehead atoms. The minimum Gasteiger partial charge on any atom is -0.451 e. The Bertz CT molecular complexity index is 1830. The molecule has 1 aliphatic rings. The summed E-state index contributed by atoms with van der Waals surface area (Å²) in [5, 5.41) is 13.1. The second-order valence-electron chi connectivity index (χ2n) is 9.38. The molecule has 0 radical (unpaired) electrons. The minimum absolute atomic E-state index is 0.0260. The van der Waals surface area contributed by atoms with E-state index in [0.717, 1.165) is 32.3 Å². The molecule has 2 heterocycles. The SMILES string of the molecule is Cn1nc(C(=O)OCC(=O)N2N=C(c3ccc4ccccc4c3)CC2c2ccccc2)c2ccccc2c1=O. The van der Waals surface area contributed by atoms with Crippen molar-refractivity contribution in [3.63, 3.8) is 0 Å². The molecular formula is C31H24N4O4. The lowest BCUT2D eigenvalue weighted by atomic mass is 9.97. The lowest BCUT2D eigenvalue weighted by Gasteiger charge is -2.22. The van der Waals surface area contributed by atoms with Crippen molar-refractivity contribution in [3.8, 4) is 0 Å². The van der Waals surface area contributed by atoms with Gasteiger partial charge in [0.05, 0.1) is 17.1 Å². The average Bonchev–Trinajstić information content (AvgIpc) is 3.44. The molecule has 0 N–H and O–H groups in total. The van der Waals surface area contributed by atoms with Crippen LogP contribution in [0.5, 0.6) is 0 Å². The topological polar surface area (TPSA) is 93.9 Å². The molecule has 8 nitrogen and oxygen atoms in total. The number of aryl methyl sites for hydroxylation is 1. The van der Waals surface area contributed by atoms with Gasteiger partial charge in [-0.15, -0.1) is 0 Å². The number of carbonyl (C=O) groups excluding carboxylic acids is 2. The molecular weight excluding hydrogens is 492 g/mol. The number of fused-ring (bicyclic) bond motifs is 2. The number of ether oxygens (including phenoxy) is 1. The van der Waals surface area contributed by atoms with E-state index in [1.54, 1.807) is 24.3 Å². The van der Waals surface area contributed by atoms with Gasteiger partial charge in [0.1, 0.15) is 0 Å². The molecule has 0 saturated heterocycles. The monoisotopic (exact) mass is 516 g/mol. The highest BCUT2D eigenvalue weighted by Gasteiger charge is 2.34. The molecule has 192 valence electrons. The number of amides is 1. The van der Waals surface area contributed by atoms with Crippen molar-refractivity contribution < 1.29 is 14.3 Å². The number of benzene rings is 4. The Hall–Kier alpha value is -5.11. The summed E-state index contributed by atoms with van der Waals surface area (Å²) in [5.74, 6) is -1.24. The summed E-state index contributed by atoms with van der Waals surface area (Å²) < 4.78 is 6.50. The standard InChI is InChI=1S/C31H24N4O4/c1-34-30(37)25-14-8-7-13-24(25)29(33-34)31(38)39-19-28(36)35-27(21-10-3-2-4-11-21)18-26(32-35)23-16-15-20-9-5-6-12-22(20)17-23/h2-17,27H,18-19H2,1H3. The third-order valence-electron chi connectivity index (χ3n) is 6.91. The highest BCUT2D eigenvalue weighted by atomic mass is 16.5. The molecule has 0 spiro atoms. The summed E-state index contributed by atoms with van der Waals surface area (Å²) >= 11 is 0. The Balaban J connectivity index is 1.28. The van der Waals surface area contributed by atoms with Gasteiger partial charge in [0.15, 0.2) is 12.3 Å². The third kappa shape index (κ3) is 4.57. The third-order valence-corrected chi connectivity index (χ3v) is 6.91. The number of hydrogen-bond donors (Lipinski definition) is 0. The first kappa shape index (κ1) is 24.2. The predicted octanol–water partition coefficient (Wildman–Crippen LogP) is 4.62. The van der Waals surface area contributed by atoms with Crippen LogP contribution in [0.1, 0.15) is 34.1 Å². The largest absolute Gasteiger partial charge is 0.451 e. The predicted molar refractivity (Wildman–Crippen MR) is 148 cm³/mol. The maximum absolute atomic E-state index is 13.4. The van der Waals surface area contributed by atoms with Gasteiger partial charge in [-0.05, 0) is 34.0 Å². The van der Waals surface area contributed by atoms with E-state index < -0.39 is 18.5 Å². The highest BCUT2D eigenvalue weighted by molar-refractivity contribution is 6.06. The maximum atomic E-state index is 13.4. The van der Waals surface area contributed by atoms with Crippen LogP contribution >= 0.6 is 0 Å². The fourth-order valence-electron chi connectivity index (χ4n) is 4.93. The quantitative estimate of drug-likeness (QED) is 0.318. The number of esters is 1. The van der Waals surface area contributed by atoms with Gasteiger partial charge < -0.3 is 4.74 Å². The van der Waals surface area contributed by atoms with E-state index in [-0.39, 0.29) is 17.3 Å². The zero-order valence-electron chi connectivity index (χ0n) is 21.2. The zero-order chi connectivity index (χ0) is 26.9. The van der Waals surface area contributed by atoms with Crippen molar-refractivity contribution >= 4 is 39.1 Å². The minimum atomic E-state index is -0.788. The number of aromatic nitrogens is 2. The molecule has 0 fully saturated rings. The molecule has 1 atom stereocenters. The van der Waals surface area contributed by atoms with Gasteiger partial charge in [-0.2, -0.15) is 10.2 Å². The molecule has 6 rings (SSSR count). The summed E-state index contributed by atoms with van der Waals surface area (Å²) in [5.41, 5.74) is 2.30. The Morgan fingerprint density at radius 3 is 2.36 bits per heavy atom. The van der Waals surface area contributed by atoms with E-state index in [4.69, 9.17) is 9.84 Å². The van der Waals surface area contributed by atoms with E-state index in [9.17, 15) is 14.4 Å². The summed E-state index contributed by atoms with van der Waals surface area (Å²) in [6.07, 6.45) is 0.523. The Kier molecular flexibility index (Phi) is 6.20. The van der Waals surface area contributed by atoms with Gasteiger partial charge in [-0.1, -0.05) is 84.9 Å². The lowest BCUT2D eigenvalue weighted by molar-refractivity contribution is -0.136. The van der Waals surface area contributed by atoms with Gasteiger partial charge in [0.25, 0.3) is 11.5 Å². The van der Waals surface area contributed by atoms with Gasteiger partial charge in [0, 0.05) is 18.9 Å². The van der Waals surface area contributed by atoms with E-state index in [2.05, 4.69) is 17.2 Å². The summed E-state index contributed by atoms with van der Waals surface area (Å²) in [6, 6.07) is 30.2. The second kappa shape index (κ2) is 9.98. The highest BCUT2D eigenvalue weighted by Crippen LogP contribution is 2.33. The van der Waals surface area contributed by atoms with Gasteiger partial charge in [-0.25, -0.2) is 14.5 Å². The zero-order valence-corrected chi connectivity index (χ0v) is 21.2. The van der Waals surface area contributed by atoms with Crippen LogP contribution in [0, 0.1) is 0 Å². The van der Waals surface area contributed by atoms with Gasteiger partial charge in [-0.3, -0.25) is 9.59 Å². The Morgan fingerprint density at radius 2 is 1.56 bits per heavy atom. The molecule has 4 aromatic carbocycles. The molecule has 5 aromatic rings. The Morgan fingerprint density at radius 1 is 0.872 bits per heavy atom. The van der Waals surface area contributed by atoms with Crippen molar-refractivity contribution in [1.82, 2.24) is 14.8 Å². The van der Waals surface area contributed by atoms with E-state index in [0.29, 0.717) is 17.2 Å². The second-order valence-corrected chi connectivity index (χ2v) is 9.38. The molecule has 1 aliphatic heterocycles. The summed E-state index contributed by atoms with van der Waals surface area (Å²) in [7, 11) is 1.47. The van der Waals surface area contributed by atoms with Crippen LogP contribution in [0.25, 0.3) is 21.5 Å². The van der Waals surface area contributed by atoms with Crippen LogP contribution < -0.4 is 5.56 Å². The van der Waals surface area contributed by atoms with Crippen molar-refractivity contribution in [3.05, 3.63) is 124 Å². The van der Waals surface area contributed by atoms with Crippen molar-refractivity contribution in [2.45, 2.75) is 12.5 Å². The summed E-state index contributed by atoms with van der Waals surface area (Å²) in [4.78, 5) is 38.8. The number of rotatable bonds is 5. The fourth-order valence-corrected chi connectivity index (χ4v) is 4.93. The smallest absolute Gasteiger partial charge is 0.359 e. The van der Waals surface area contributed by atoms with Crippen molar-refractivity contribution in [2.24, 2.45) is 12.1 Å². The lowest BCUT2D eigenvalue weighted by Crippen LogP contribution is -2.32. The van der Waals surface area contributed by atoms with Crippen LogP contribution in [0.15, 0.2) is 107 Å². The molecule has 0 aliphatic carbocycles. The van der Waals surface area contributed by atoms with Crippen LogP contribution in [0.3, 0.4) is 0 Å². The number of nitrogens with zero attached hydrogens (tertiary/aromatic N) is 4.